The van der Waals surface area contributed by atoms with E-state index in [4.69, 9.17) is 11.5 Å². The first-order valence-electron chi connectivity index (χ1n) is 16.3. The van der Waals surface area contributed by atoms with Gasteiger partial charge in [0, 0.05) is 52.7 Å². The number of hydrogen-bond acceptors (Lipinski definition) is 8. The molecule has 11 nitrogen and oxygen atoms in total. The van der Waals surface area contributed by atoms with Crippen molar-refractivity contribution >= 4 is 23.5 Å². The van der Waals surface area contributed by atoms with Crippen molar-refractivity contribution in [2.45, 2.75) is 98.4 Å². The number of carboxylic acids is 1. The van der Waals surface area contributed by atoms with Gasteiger partial charge in [0.1, 0.15) is 5.78 Å². The first kappa shape index (κ1) is 35.3. The Labute approximate surface area is 266 Å². The van der Waals surface area contributed by atoms with E-state index in [0.29, 0.717) is 49.8 Å². The van der Waals surface area contributed by atoms with Crippen LogP contribution in [0.3, 0.4) is 0 Å². The molecule has 0 aromatic carbocycles. The highest BCUT2D eigenvalue weighted by molar-refractivity contribution is 6.01. The number of nitrogens with one attached hydrogen (secondary N) is 1. The van der Waals surface area contributed by atoms with Gasteiger partial charge >= 0.3 is 5.97 Å². The Morgan fingerprint density at radius 1 is 1.16 bits per heavy atom. The van der Waals surface area contributed by atoms with Gasteiger partial charge in [-0.15, -0.1) is 0 Å². The van der Waals surface area contributed by atoms with Crippen LogP contribution in [-0.2, 0) is 14.4 Å². The molecular formula is C34H54N4O7. The van der Waals surface area contributed by atoms with Gasteiger partial charge < -0.3 is 37.2 Å². The zero-order valence-electron chi connectivity index (χ0n) is 27.9. The van der Waals surface area contributed by atoms with Crippen molar-refractivity contribution in [1.82, 2.24) is 5.32 Å². The summed E-state index contributed by atoms with van der Waals surface area (Å²) < 4.78 is 0. The number of allylic oxidation sites excluding steroid dienone is 1. The summed E-state index contributed by atoms with van der Waals surface area (Å²) in [6, 6.07) is 0. The third-order valence-electron chi connectivity index (χ3n) is 13.1. The minimum Gasteiger partial charge on any atom is -0.478 e. The number of hydrogen-bond donors (Lipinski definition) is 7. The molecule has 0 bridgehead atoms. The molecule has 4 aliphatic carbocycles. The highest BCUT2D eigenvalue weighted by Gasteiger charge is 2.70. The molecule has 252 valence electrons. The molecule has 0 amide bonds. The number of aliphatic hydroxyl groups is 3. The lowest BCUT2D eigenvalue weighted by atomic mass is 9.42. The number of Topliss-reactive ketones (excluding diaryl/α,β-unsaturated/α-hetero) is 2. The molecule has 0 heterocycles. The summed E-state index contributed by atoms with van der Waals surface area (Å²) in [4.78, 5) is 43.6. The quantitative estimate of drug-likeness (QED) is 0.106. The number of aliphatic carboxylic acids is 1. The molecule has 4 rings (SSSR count). The van der Waals surface area contributed by atoms with E-state index in [1.165, 1.54) is 13.0 Å². The van der Waals surface area contributed by atoms with Gasteiger partial charge in [-0.25, -0.2) is 4.79 Å². The van der Waals surface area contributed by atoms with Crippen molar-refractivity contribution < 1.29 is 34.8 Å². The average molecular weight is 631 g/mol. The largest absolute Gasteiger partial charge is 0.478 e. The Morgan fingerprint density at radius 3 is 2.38 bits per heavy atom. The Bertz CT molecular complexity index is 1320. The Hall–Kier alpha value is -2.60. The van der Waals surface area contributed by atoms with Crippen LogP contribution in [0.4, 0.5) is 0 Å². The number of carbonyl (C=O) groups excluding carboxylic acids is 2. The van der Waals surface area contributed by atoms with Gasteiger partial charge in [-0.2, -0.15) is 0 Å². The maximum absolute atomic E-state index is 14.5. The summed E-state index contributed by atoms with van der Waals surface area (Å²) in [6.45, 7) is 12.0. The predicted octanol–water partition coefficient (Wildman–Crippen LogP) is 1.93. The van der Waals surface area contributed by atoms with Crippen molar-refractivity contribution in [2.24, 2.45) is 61.8 Å². The Kier molecular flexibility index (Phi) is 9.56. The predicted molar refractivity (Wildman–Crippen MR) is 171 cm³/mol. The van der Waals surface area contributed by atoms with Crippen molar-refractivity contribution in [1.29, 1.82) is 0 Å². The molecule has 11 heteroatoms. The van der Waals surface area contributed by atoms with Crippen LogP contribution in [0.25, 0.3) is 0 Å². The van der Waals surface area contributed by atoms with Gasteiger partial charge in [0.05, 0.1) is 18.3 Å². The summed E-state index contributed by atoms with van der Waals surface area (Å²) in [5.41, 5.74) is 9.39. The zero-order chi connectivity index (χ0) is 33.9. The number of carboxylic acid groups (broad SMARTS) is 1. The van der Waals surface area contributed by atoms with Crippen LogP contribution in [0, 0.1) is 45.3 Å². The van der Waals surface area contributed by atoms with E-state index < -0.39 is 51.9 Å². The molecular weight excluding hydrogens is 576 g/mol. The zero-order valence-corrected chi connectivity index (χ0v) is 27.9. The van der Waals surface area contributed by atoms with Crippen LogP contribution in [0.5, 0.6) is 0 Å². The summed E-state index contributed by atoms with van der Waals surface area (Å²) in [5.74, 6) is -2.68. The smallest absolute Gasteiger partial charge is 0.331 e. The van der Waals surface area contributed by atoms with Crippen molar-refractivity contribution in [3.63, 3.8) is 0 Å². The van der Waals surface area contributed by atoms with Crippen LogP contribution in [0.2, 0.25) is 0 Å². The number of carbonyl (C=O) groups is 3. The fourth-order valence-corrected chi connectivity index (χ4v) is 10.2. The normalized spacial score (nSPS) is 40.3. The van der Waals surface area contributed by atoms with Crippen LogP contribution in [-0.4, -0.2) is 82.4 Å². The maximum atomic E-state index is 14.5. The van der Waals surface area contributed by atoms with Gasteiger partial charge in [0.2, 0.25) is 0 Å². The summed E-state index contributed by atoms with van der Waals surface area (Å²) in [6.07, 6.45) is 0.473. The van der Waals surface area contributed by atoms with E-state index >= 15 is 0 Å². The number of nitrogens with zero attached hydrogens (tertiary/aromatic N) is 1. The van der Waals surface area contributed by atoms with Crippen molar-refractivity contribution in [3.05, 3.63) is 22.8 Å². The minimum atomic E-state index is -1.20. The van der Waals surface area contributed by atoms with Crippen LogP contribution in [0.15, 0.2) is 27.8 Å². The number of rotatable bonds is 10. The van der Waals surface area contributed by atoms with Gasteiger partial charge in [-0.05, 0) is 81.0 Å². The second-order valence-electron chi connectivity index (χ2n) is 15.2. The molecule has 0 spiro atoms. The number of ketones is 2. The SMILES string of the molecule is CNCC[C@]1(C)C(=O)CC[C@]2(C)C3=C([C@H](O)C[C@H]12)[C@]1(C)[C@@H](O)C[C@H]([C@H](C)[C@H](CN=C(N)N)[C@H](O)/C=C(\C)C(=O)O)[C@@]1(C)CC3=O. The Morgan fingerprint density at radius 2 is 1.80 bits per heavy atom. The third kappa shape index (κ3) is 5.37. The molecule has 0 saturated heterocycles. The first-order valence-corrected chi connectivity index (χ1v) is 16.3. The van der Waals surface area contributed by atoms with Gasteiger partial charge in [-0.3, -0.25) is 14.6 Å². The maximum Gasteiger partial charge on any atom is 0.331 e. The molecule has 0 radical (unpaired) electrons. The molecule has 0 aliphatic heterocycles. The molecule has 0 aromatic rings. The molecule has 2 fully saturated rings. The summed E-state index contributed by atoms with van der Waals surface area (Å²) in [7, 11) is 1.85. The first-order chi connectivity index (χ1) is 20.8. The van der Waals surface area contributed by atoms with E-state index in [1.54, 1.807) is 0 Å². The van der Waals surface area contributed by atoms with E-state index in [0.717, 1.165) is 0 Å². The summed E-state index contributed by atoms with van der Waals surface area (Å²) in [5, 5.41) is 47.8. The summed E-state index contributed by atoms with van der Waals surface area (Å²) >= 11 is 0. The molecule has 4 aliphatic rings. The second-order valence-corrected chi connectivity index (χ2v) is 15.2. The lowest BCUT2D eigenvalue weighted by molar-refractivity contribution is -0.148. The van der Waals surface area contributed by atoms with E-state index in [9.17, 15) is 34.8 Å². The Balaban J connectivity index is 1.82. The number of fused-ring (bicyclic) bond motifs is 4. The molecule has 11 atom stereocenters. The molecule has 2 saturated carbocycles. The van der Waals surface area contributed by atoms with E-state index in [2.05, 4.69) is 17.2 Å². The fraction of sp³-hybridized carbons (Fsp3) is 0.765. The van der Waals surface area contributed by atoms with E-state index in [1.807, 2.05) is 34.7 Å². The average Bonchev–Trinajstić information content (AvgIpc) is 3.16. The highest BCUT2D eigenvalue weighted by atomic mass is 16.4. The number of guanidine groups is 1. The molecule has 0 aromatic heterocycles. The lowest BCUT2D eigenvalue weighted by Gasteiger charge is -2.61. The second kappa shape index (κ2) is 12.2. The number of aliphatic hydroxyl groups excluding tert-OH is 3. The van der Waals surface area contributed by atoms with Crippen LogP contribution < -0.4 is 16.8 Å². The van der Waals surface area contributed by atoms with Gasteiger partial charge in [0.25, 0.3) is 0 Å². The molecule has 0 unspecified atom stereocenters. The monoisotopic (exact) mass is 630 g/mol. The van der Waals surface area contributed by atoms with Crippen LogP contribution in [0.1, 0.15) is 80.1 Å². The topological polar surface area (TPSA) is 209 Å². The molecule has 9 N–H and O–H groups in total. The highest BCUT2D eigenvalue weighted by Crippen LogP contribution is 2.72. The van der Waals surface area contributed by atoms with Crippen molar-refractivity contribution in [2.75, 3.05) is 20.1 Å². The van der Waals surface area contributed by atoms with E-state index in [-0.39, 0.29) is 53.8 Å². The molecule has 45 heavy (non-hydrogen) atoms. The van der Waals surface area contributed by atoms with Gasteiger partial charge in [0.15, 0.2) is 11.7 Å². The minimum absolute atomic E-state index is 0.0182. The van der Waals surface area contributed by atoms with Crippen molar-refractivity contribution in [3.8, 4) is 0 Å². The fourth-order valence-electron chi connectivity index (χ4n) is 10.2. The number of aliphatic imine (C=N–C) groups is 1. The lowest BCUT2D eigenvalue weighted by Crippen LogP contribution is -2.61. The van der Waals surface area contributed by atoms with Gasteiger partial charge in [-0.1, -0.05) is 34.6 Å². The number of nitrogens with two attached hydrogens (primary N) is 2. The standard InChI is InChI=1S/C34H54N4O7/c1-17(29(44)45)12-21(39)19(16-38-30(35)36)18(2)20-13-26(43)34(6)28-22(40)14-24-31(3,10-11-37-7)25(42)8-9-32(24,4)27(28)23(41)15-33(20,34)5/h12,18-22,24,26,37,39-40,43H,8-11,13-16H2,1-7H3,(H,44,45)(H4,35,36,38)/b17-12+/t18-,19+,20-,21-,22-,24-,26+,31+,32+,33-,34+/m1/s1. The van der Waals surface area contributed by atoms with Crippen LogP contribution >= 0.6 is 0 Å². The third-order valence-corrected chi connectivity index (χ3v) is 13.1.